The largest absolute Gasteiger partial charge is 0.489 e. The number of carbonyl (C=O) groups excluding carboxylic acids is 1. The highest BCUT2D eigenvalue weighted by Crippen LogP contribution is 2.18. The summed E-state index contributed by atoms with van der Waals surface area (Å²) in [6, 6.07) is 17.2. The van der Waals surface area contributed by atoms with Gasteiger partial charge in [0.2, 0.25) is 0 Å². The van der Waals surface area contributed by atoms with Crippen LogP contribution in [0.25, 0.3) is 0 Å². The van der Waals surface area contributed by atoms with E-state index in [9.17, 15) is 4.79 Å². The van der Waals surface area contributed by atoms with Crippen molar-refractivity contribution in [1.82, 2.24) is 9.97 Å². The summed E-state index contributed by atoms with van der Waals surface area (Å²) in [5.41, 5.74) is 2.93. The quantitative estimate of drug-likeness (QED) is 0.768. The van der Waals surface area contributed by atoms with Gasteiger partial charge >= 0.3 is 0 Å². The lowest BCUT2D eigenvalue weighted by molar-refractivity contribution is 0.102. The molecule has 0 aliphatic carbocycles. The standard InChI is InChI=1S/C20H19N3O2/c1-14-19(12-21-15(2)22-14)20(24)23-17-8-10-18(11-9-17)25-13-16-6-4-3-5-7-16/h3-12H,13H2,1-2H3,(H,23,24). The van der Waals surface area contributed by atoms with Crippen LogP contribution >= 0.6 is 0 Å². The highest BCUT2D eigenvalue weighted by Gasteiger charge is 2.11. The summed E-state index contributed by atoms with van der Waals surface area (Å²) in [5.74, 6) is 1.17. The summed E-state index contributed by atoms with van der Waals surface area (Å²) >= 11 is 0. The van der Waals surface area contributed by atoms with Crippen LogP contribution in [0.5, 0.6) is 5.75 Å². The first-order chi connectivity index (χ1) is 12.1. The Morgan fingerprint density at radius 2 is 1.76 bits per heavy atom. The number of ether oxygens (including phenoxy) is 1. The van der Waals surface area contributed by atoms with Gasteiger partial charge in [0.25, 0.3) is 5.91 Å². The zero-order valence-electron chi connectivity index (χ0n) is 14.2. The van der Waals surface area contributed by atoms with Crippen LogP contribution in [-0.4, -0.2) is 15.9 Å². The summed E-state index contributed by atoms with van der Waals surface area (Å²) in [4.78, 5) is 20.6. The third-order valence-corrected chi connectivity index (χ3v) is 3.70. The predicted octanol–water partition coefficient (Wildman–Crippen LogP) is 3.92. The maximum absolute atomic E-state index is 12.3. The minimum atomic E-state index is -0.226. The van der Waals surface area contributed by atoms with Crippen molar-refractivity contribution >= 4 is 11.6 Å². The van der Waals surface area contributed by atoms with Crippen LogP contribution in [0.1, 0.15) is 27.4 Å². The Bertz CT molecular complexity index is 862. The Hall–Kier alpha value is -3.21. The Balaban J connectivity index is 1.61. The summed E-state index contributed by atoms with van der Waals surface area (Å²) in [7, 11) is 0. The van der Waals surface area contributed by atoms with Gasteiger partial charge in [0.05, 0.1) is 11.3 Å². The van der Waals surface area contributed by atoms with Gasteiger partial charge < -0.3 is 10.1 Å². The topological polar surface area (TPSA) is 64.1 Å². The average molecular weight is 333 g/mol. The highest BCUT2D eigenvalue weighted by molar-refractivity contribution is 6.04. The van der Waals surface area contributed by atoms with Crippen LogP contribution in [0.4, 0.5) is 5.69 Å². The number of amides is 1. The molecule has 5 heteroatoms. The van der Waals surface area contributed by atoms with E-state index in [4.69, 9.17) is 4.74 Å². The molecule has 1 heterocycles. The molecule has 2 aromatic carbocycles. The van der Waals surface area contributed by atoms with E-state index in [-0.39, 0.29) is 5.91 Å². The van der Waals surface area contributed by atoms with Crippen LogP contribution in [0.2, 0.25) is 0 Å². The lowest BCUT2D eigenvalue weighted by Crippen LogP contribution is -2.15. The van der Waals surface area contributed by atoms with Gasteiger partial charge in [-0.25, -0.2) is 9.97 Å². The van der Waals surface area contributed by atoms with Gasteiger partial charge in [-0.15, -0.1) is 0 Å². The lowest BCUT2D eigenvalue weighted by Gasteiger charge is -2.09. The van der Waals surface area contributed by atoms with Crippen LogP contribution in [0, 0.1) is 13.8 Å². The molecule has 3 rings (SSSR count). The summed E-state index contributed by atoms with van der Waals surface area (Å²) < 4.78 is 5.74. The van der Waals surface area contributed by atoms with Gasteiger partial charge in [-0.05, 0) is 43.7 Å². The molecule has 25 heavy (non-hydrogen) atoms. The fraction of sp³-hybridized carbons (Fsp3) is 0.150. The molecular weight excluding hydrogens is 314 g/mol. The number of rotatable bonds is 5. The predicted molar refractivity (Wildman–Crippen MR) is 96.7 cm³/mol. The fourth-order valence-corrected chi connectivity index (χ4v) is 2.38. The number of hydrogen-bond acceptors (Lipinski definition) is 4. The van der Waals surface area contributed by atoms with Crippen molar-refractivity contribution in [3.8, 4) is 5.75 Å². The van der Waals surface area contributed by atoms with E-state index in [1.54, 1.807) is 20.0 Å². The molecule has 1 aromatic heterocycles. The first kappa shape index (κ1) is 16.6. The number of nitrogens with zero attached hydrogens (tertiary/aromatic N) is 2. The lowest BCUT2D eigenvalue weighted by atomic mass is 10.2. The zero-order valence-corrected chi connectivity index (χ0v) is 14.2. The fourth-order valence-electron chi connectivity index (χ4n) is 2.38. The first-order valence-corrected chi connectivity index (χ1v) is 8.00. The second-order valence-corrected chi connectivity index (χ2v) is 5.67. The Labute approximate surface area is 146 Å². The van der Waals surface area contributed by atoms with Crippen LogP contribution < -0.4 is 10.1 Å². The molecule has 1 amide bonds. The number of hydrogen-bond donors (Lipinski definition) is 1. The van der Waals surface area contributed by atoms with Crippen molar-refractivity contribution < 1.29 is 9.53 Å². The molecule has 5 nitrogen and oxygen atoms in total. The molecule has 0 saturated heterocycles. The van der Waals surface area contributed by atoms with E-state index in [0.717, 1.165) is 11.3 Å². The number of aromatic nitrogens is 2. The van der Waals surface area contributed by atoms with Crippen molar-refractivity contribution in [1.29, 1.82) is 0 Å². The number of aryl methyl sites for hydroxylation is 2. The third kappa shape index (κ3) is 4.41. The maximum atomic E-state index is 12.3. The molecule has 0 aliphatic heterocycles. The zero-order chi connectivity index (χ0) is 17.6. The minimum Gasteiger partial charge on any atom is -0.489 e. The monoisotopic (exact) mass is 333 g/mol. The molecule has 0 fully saturated rings. The summed E-state index contributed by atoms with van der Waals surface area (Å²) in [6.45, 7) is 4.10. The van der Waals surface area contributed by atoms with Gasteiger partial charge in [-0.3, -0.25) is 4.79 Å². The average Bonchev–Trinajstić information content (AvgIpc) is 2.62. The number of benzene rings is 2. The van der Waals surface area contributed by atoms with Crippen molar-refractivity contribution in [3.63, 3.8) is 0 Å². The summed E-state index contributed by atoms with van der Waals surface area (Å²) in [5, 5.41) is 2.85. The van der Waals surface area contributed by atoms with E-state index < -0.39 is 0 Å². The molecule has 0 saturated carbocycles. The van der Waals surface area contributed by atoms with E-state index in [2.05, 4.69) is 15.3 Å². The molecule has 3 aromatic rings. The second kappa shape index (κ2) is 7.57. The van der Waals surface area contributed by atoms with E-state index in [1.807, 2.05) is 54.6 Å². The minimum absolute atomic E-state index is 0.226. The van der Waals surface area contributed by atoms with Gasteiger partial charge in [-0.2, -0.15) is 0 Å². The smallest absolute Gasteiger partial charge is 0.259 e. The van der Waals surface area contributed by atoms with Gasteiger partial charge in [-0.1, -0.05) is 30.3 Å². The van der Waals surface area contributed by atoms with Gasteiger partial charge in [0.1, 0.15) is 18.2 Å². The normalized spacial score (nSPS) is 10.3. The Kier molecular flexibility index (Phi) is 5.04. The first-order valence-electron chi connectivity index (χ1n) is 8.00. The molecule has 126 valence electrons. The van der Waals surface area contributed by atoms with Crippen LogP contribution in [-0.2, 0) is 6.61 Å². The van der Waals surface area contributed by atoms with Crippen LogP contribution in [0.15, 0.2) is 60.8 Å². The molecule has 0 radical (unpaired) electrons. The molecule has 0 atom stereocenters. The number of carbonyl (C=O) groups is 1. The number of anilines is 1. The van der Waals surface area contributed by atoms with E-state index in [0.29, 0.717) is 29.4 Å². The van der Waals surface area contributed by atoms with Crippen LogP contribution in [0.3, 0.4) is 0 Å². The SMILES string of the molecule is Cc1ncc(C(=O)Nc2ccc(OCc3ccccc3)cc2)c(C)n1. The molecule has 1 N–H and O–H groups in total. The highest BCUT2D eigenvalue weighted by atomic mass is 16.5. The van der Waals surface area contributed by atoms with E-state index >= 15 is 0 Å². The Morgan fingerprint density at radius 3 is 2.44 bits per heavy atom. The number of nitrogens with one attached hydrogen (secondary N) is 1. The molecule has 0 unspecified atom stereocenters. The van der Waals surface area contributed by atoms with Gasteiger partial charge in [0, 0.05) is 11.9 Å². The third-order valence-electron chi connectivity index (χ3n) is 3.70. The summed E-state index contributed by atoms with van der Waals surface area (Å²) in [6.07, 6.45) is 1.55. The van der Waals surface area contributed by atoms with Crippen molar-refractivity contribution in [2.75, 3.05) is 5.32 Å². The van der Waals surface area contributed by atoms with Gasteiger partial charge in [0.15, 0.2) is 0 Å². The molecule has 0 bridgehead atoms. The van der Waals surface area contributed by atoms with Crippen molar-refractivity contribution in [2.45, 2.75) is 20.5 Å². The Morgan fingerprint density at radius 1 is 1.04 bits per heavy atom. The van der Waals surface area contributed by atoms with E-state index in [1.165, 1.54) is 0 Å². The molecule has 0 spiro atoms. The molecule has 0 aliphatic rings. The van der Waals surface area contributed by atoms with Crippen molar-refractivity contribution in [2.24, 2.45) is 0 Å². The maximum Gasteiger partial charge on any atom is 0.259 e. The van der Waals surface area contributed by atoms with Crippen molar-refractivity contribution in [3.05, 3.63) is 83.4 Å². The molecular formula is C20H19N3O2. The second-order valence-electron chi connectivity index (χ2n) is 5.67.